The van der Waals surface area contributed by atoms with Gasteiger partial charge in [-0.1, -0.05) is 12.2 Å². The summed E-state index contributed by atoms with van der Waals surface area (Å²) < 4.78 is 0. The van der Waals surface area contributed by atoms with Gasteiger partial charge >= 0.3 is 11.9 Å². The molecule has 1 atom stereocenters. The van der Waals surface area contributed by atoms with E-state index in [2.05, 4.69) is 0 Å². The molecule has 0 amide bonds. The first kappa shape index (κ1) is 9.77. The van der Waals surface area contributed by atoms with E-state index in [-0.39, 0.29) is 5.92 Å². The van der Waals surface area contributed by atoms with Gasteiger partial charge in [0.25, 0.3) is 0 Å². The van der Waals surface area contributed by atoms with Crippen LogP contribution in [0.5, 0.6) is 0 Å². The van der Waals surface area contributed by atoms with E-state index in [0.29, 0.717) is 6.42 Å². The van der Waals surface area contributed by atoms with Crippen molar-refractivity contribution >= 4 is 11.9 Å². The van der Waals surface area contributed by atoms with E-state index >= 15 is 0 Å². The summed E-state index contributed by atoms with van der Waals surface area (Å²) >= 11 is 0. The number of aliphatic carboxylic acids is 2. The van der Waals surface area contributed by atoms with E-state index in [0.717, 1.165) is 12.8 Å². The van der Waals surface area contributed by atoms with Crippen molar-refractivity contribution in [2.75, 3.05) is 0 Å². The van der Waals surface area contributed by atoms with E-state index in [1.807, 2.05) is 6.08 Å². The number of carbonyl (C=O) groups is 2. The summed E-state index contributed by atoms with van der Waals surface area (Å²) in [5.74, 6) is -4.12. The minimum Gasteiger partial charge on any atom is -0.481 e. The second kappa shape index (κ2) is 4.07. The van der Waals surface area contributed by atoms with Crippen LogP contribution in [0.15, 0.2) is 12.2 Å². The second-order valence-corrected chi connectivity index (χ2v) is 3.18. The Balaban J connectivity index is 2.74. The Kier molecular flexibility index (Phi) is 3.06. The molecule has 13 heavy (non-hydrogen) atoms. The first-order chi connectivity index (χ1) is 6.13. The molecule has 0 bridgehead atoms. The van der Waals surface area contributed by atoms with Crippen LogP contribution < -0.4 is 0 Å². The molecule has 0 saturated heterocycles. The zero-order valence-corrected chi connectivity index (χ0v) is 7.14. The number of hydrogen-bond acceptors (Lipinski definition) is 2. The maximum Gasteiger partial charge on any atom is 0.318 e. The summed E-state index contributed by atoms with van der Waals surface area (Å²) in [5.41, 5.74) is 0. The van der Waals surface area contributed by atoms with Crippen LogP contribution in [0.1, 0.15) is 19.3 Å². The maximum atomic E-state index is 10.6. The Labute approximate surface area is 75.9 Å². The van der Waals surface area contributed by atoms with Gasteiger partial charge in [-0.15, -0.1) is 0 Å². The molecule has 1 aliphatic rings. The molecule has 0 fully saturated rings. The molecule has 1 rings (SSSR count). The largest absolute Gasteiger partial charge is 0.481 e. The summed E-state index contributed by atoms with van der Waals surface area (Å²) in [6, 6.07) is 0. The van der Waals surface area contributed by atoms with Gasteiger partial charge in [-0.05, 0) is 19.3 Å². The number of allylic oxidation sites excluding steroid dienone is 2. The molecular weight excluding hydrogens is 172 g/mol. The Morgan fingerprint density at radius 1 is 1.31 bits per heavy atom. The van der Waals surface area contributed by atoms with Crippen LogP contribution in [0.3, 0.4) is 0 Å². The highest BCUT2D eigenvalue weighted by Gasteiger charge is 2.33. The normalized spacial score (nSPS) is 21.8. The van der Waals surface area contributed by atoms with Crippen LogP contribution in [0, 0.1) is 11.8 Å². The third-order valence-electron chi connectivity index (χ3n) is 2.25. The standard InChI is InChI=1S/C9H12O4/c10-8(11)7(9(12)13)6-4-2-1-3-5-6/h2,4,6-7H,1,3,5H2,(H,10,11)(H,12,13)/t6-/m1/s1. The Morgan fingerprint density at radius 3 is 2.31 bits per heavy atom. The molecular formula is C9H12O4. The van der Waals surface area contributed by atoms with Crippen molar-refractivity contribution in [2.45, 2.75) is 19.3 Å². The van der Waals surface area contributed by atoms with Crippen LogP contribution in [-0.2, 0) is 9.59 Å². The van der Waals surface area contributed by atoms with Crippen LogP contribution in [0.2, 0.25) is 0 Å². The first-order valence-corrected chi connectivity index (χ1v) is 4.25. The molecule has 0 spiro atoms. The van der Waals surface area contributed by atoms with Crippen molar-refractivity contribution in [3.05, 3.63) is 12.2 Å². The van der Waals surface area contributed by atoms with Gasteiger partial charge in [-0.3, -0.25) is 9.59 Å². The van der Waals surface area contributed by atoms with Crippen LogP contribution in [0.4, 0.5) is 0 Å². The molecule has 0 aromatic carbocycles. The van der Waals surface area contributed by atoms with Gasteiger partial charge < -0.3 is 10.2 Å². The van der Waals surface area contributed by atoms with Crippen molar-refractivity contribution in [3.8, 4) is 0 Å². The fourth-order valence-electron chi connectivity index (χ4n) is 1.59. The molecule has 0 radical (unpaired) electrons. The zero-order chi connectivity index (χ0) is 9.84. The molecule has 0 unspecified atom stereocenters. The van der Waals surface area contributed by atoms with Crippen LogP contribution >= 0.6 is 0 Å². The quantitative estimate of drug-likeness (QED) is 0.509. The van der Waals surface area contributed by atoms with Crippen molar-refractivity contribution in [1.82, 2.24) is 0 Å². The Hall–Kier alpha value is -1.32. The van der Waals surface area contributed by atoms with E-state index in [1.54, 1.807) is 6.08 Å². The van der Waals surface area contributed by atoms with Crippen molar-refractivity contribution in [3.63, 3.8) is 0 Å². The van der Waals surface area contributed by atoms with Crippen molar-refractivity contribution in [2.24, 2.45) is 11.8 Å². The molecule has 72 valence electrons. The second-order valence-electron chi connectivity index (χ2n) is 3.18. The van der Waals surface area contributed by atoms with E-state index in [4.69, 9.17) is 10.2 Å². The van der Waals surface area contributed by atoms with Gasteiger partial charge in [-0.2, -0.15) is 0 Å². The van der Waals surface area contributed by atoms with Crippen LogP contribution in [0.25, 0.3) is 0 Å². The Bertz CT molecular complexity index is 230. The smallest absolute Gasteiger partial charge is 0.318 e. The third kappa shape index (κ3) is 2.31. The predicted molar refractivity (Wildman–Crippen MR) is 45.2 cm³/mol. The van der Waals surface area contributed by atoms with E-state index in [9.17, 15) is 9.59 Å². The van der Waals surface area contributed by atoms with Gasteiger partial charge in [-0.25, -0.2) is 0 Å². The van der Waals surface area contributed by atoms with Gasteiger partial charge in [0, 0.05) is 5.92 Å². The fraction of sp³-hybridized carbons (Fsp3) is 0.556. The SMILES string of the molecule is O=C(O)C(C(=O)O)[C@@H]1C=CCCC1. The molecule has 0 saturated carbocycles. The number of carboxylic acid groups (broad SMARTS) is 2. The number of carboxylic acids is 2. The topological polar surface area (TPSA) is 74.6 Å². The zero-order valence-electron chi connectivity index (χ0n) is 7.14. The average Bonchev–Trinajstić information content (AvgIpc) is 2.04. The summed E-state index contributed by atoms with van der Waals surface area (Å²) in [7, 11) is 0. The lowest BCUT2D eigenvalue weighted by Gasteiger charge is -2.19. The minimum atomic E-state index is -1.28. The highest BCUT2D eigenvalue weighted by atomic mass is 16.4. The molecule has 4 heteroatoms. The number of rotatable bonds is 3. The molecule has 1 aliphatic carbocycles. The molecule has 0 aromatic rings. The molecule has 2 N–H and O–H groups in total. The van der Waals surface area contributed by atoms with Gasteiger partial charge in [0.2, 0.25) is 0 Å². The number of hydrogen-bond donors (Lipinski definition) is 2. The lowest BCUT2D eigenvalue weighted by molar-refractivity contribution is -0.156. The first-order valence-electron chi connectivity index (χ1n) is 4.25. The molecule has 0 aromatic heterocycles. The van der Waals surface area contributed by atoms with Crippen molar-refractivity contribution < 1.29 is 19.8 Å². The fourth-order valence-corrected chi connectivity index (χ4v) is 1.59. The highest BCUT2D eigenvalue weighted by molar-refractivity contribution is 5.93. The highest BCUT2D eigenvalue weighted by Crippen LogP contribution is 2.25. The minimum absolute atomic E-state index is 0.344. The van der Waals surface area contributed by atoms with Gasteiger partial charge in [0.15, 0.2) is 5.92 Å². The van der Waals surface area contributed by atoms with Gasteiger partial charge in [0.05, 0.1) is 0 Å². The lowest BCUT2D eigenvalue weighted by atomic mass is 9.84. The Morgan fingerprint density at radius 2 is 1.92 bits per heavy atom. The summed E-state index contributed by atoms with van der Waals surface area (Å²) in [6.45, 7) is 0. The molecule has 0 aliphatic heterocycles. The lowest BCUT2D eigenvalue weighted by Crippen LogP contribution is -2.30. The molecule has 4 nitrogen and oxygen atoms in total. The van der Waals surface area contributed by atoms with Crippen LogP contribution in [-0.4, -0.2) is 22.2 Å². The van der Waals surface area contributed by atoms with Gasteiger partial charge in [0.1, 0.15) is 0 Å². The maximum absolute atomic E-state index is 10.6. The summed E-state index contributed by atoms with van der Waals surface area (Å²) in [6.07, 6.45) is 6.00. The van der Waals surface area contributed by atoms with Crippen molar-refractivity contribution in [1.29, 1.82) is 0 Å². The predicted octanol–water partition coefficient (Wildman–Crippen LogP) is 1.13. The monoisotopic (exact) mass is 184 g/mol. The summed E-state index contributed by atoms with van der Waals surface area (Å²) in [4.78, 5) is 21.3. The average molecular weight is 184 g/mol. The summed E-state index contributed by atoms with van der Waals surface area (Å²) in [5, 5.41) is 17.4. The third-order valence-corrected chi connectivity index (χ3v) is 2.25. The van der Waals surface area contributed by atoms with E-state index < -0.39 is 17.9 Å². The molecule has 0 heterocycles. The van der Waals surface area contributed by atoms with E-state index in [1.165, 1.54) is 0 Å².